The SMILES string of the molecule is C.COC(=O)C(Cc1ccc(OCN=[N+]=[N-])cc1)NC(=O)OC(C)(C)C.COC(=O)C(Cc1ccc(OCSC)cc1)NC(=O)OC(C)(C)C. The average Bonchev–Trinajstić information content (AvgIpc) is 3.02. The third kappa shape index (κ3) is 19.9. The minimum Gasteiger partial charge on any atom is -0.488 e. The molecular weight excluding hydrogens is 670 g/mol. The van der Waals surface area contributed by atoms with Crippen LogP contribution in [-0.2, 0) is 41.4 Å². The predicted molar refractivity (Wildman–Crippen MR) is 191 cm³/mol. The molecule has 0 aliphatic heterocycles. The van der Waals surface area contributed by atoms with Crippen molar-refractivity contribution in [3.8, 4) is 11.5 Å². The fraction of sp³-hybridized carbons (Fsp3) is 0.529. The number of nitrogens with one attached hydrogen (secondary N) is 2. The number of hydrogen-bond acceptors (Lipinski definition) is 12. The lowest BCUT2D eigenvalue weighted by molar-refractivity contribution is -0.143. The maximum Gasteiger partial charge on any atom is 0.408 e. The topological polar surface area (TPSA) is 196 Å². The number of thioether (sulfide) groups is 1. The molecule has 0 spiro atoms. The van der Waals surface area contributed by atoms with Gasteiger partial charge in [0.1, 0.15) is 40.7 Å². The van der Waals surface area contributed by atoms with Gasteiger partial charge < -0.3 is 39.1 Å². The minimum absolute atomic E-state index is 0. The number of amides is 2. The summed E-state index contributed by atoms with van der Waals surface area (Å²) in [4.78, 5) is 50.2. The highest BCUT2D eigenvalue weighted by atomic mass is 32.2. The summed E-state index contributed by atoms with van der Waals surface area (Å²) in [6.07, 6.45) is 1.13. The van der Waals surface area contributed by atoms with Gasteiger partial charge in [-0.05, 0) is 88.7 Å². The molecular formula is C34H51N5O10S. The van der Waals surface area contributed by atoms with Gasteiger partial charge in [-0.1, -0.05) is 36.8 Å². The minimum atomic E-state index is -0.880. The van der Waals surface area contributed by atoms with E-state index in [-0.39, 0.29) is 20.6 Å². The van der Waals surface area contributed by atoms with Crippen LogP contribution in [0.3, 0.4) is 0 Å². The molecule has 0 saturated carbocycles. The van der Waals surface area contributed by atoms with Crippen molar-refractivity contribution in [3.05, 3.63) is 70.1 Å². The molecule has 2 aromatic rings. The Balaban J connectivity index is 0.000000942. The maximum atomic E-state index is 11.9. The lowest BCUT2D eigenvalue weighted by Gasteiger charge is -2.22. The highest BCUT2D eigenvalue weighted by molar-refractivity contribution is 7.98. The lowest BCUT2D eigenvalue weighted by Crippen LogP contribution is -2.45. The van der Waals surface area contributed by atoms with Crippen LogP contribution < -0.4 is 20.1 Å². The summed E-state index contributed by atoms with van der Waals surface area (Å²) in [7, 11) is 2.53. The van der Waals surface area contributed by atoms with E-state index in [1.807, 2.05) is 30.5 Å². The molecule has 0 radical (unpaired) electrons. The monoisotopic (exact) mass is 721 g/mol. The molecule has 2 unspecified atom stereocenters. The van der Waals surface area contributed by atoms with E-state index in [0.717, 1.165) is 16.9 Å². The van der Waals surface area contributed by atoms with Gasteiger partial charge in [0.05, 0.1) is 14.2 Å². The van der Waals surface area contributed by atoms with Crippen LogP contribution in [0.25, 0.3) is 10.4 Å². The van der Waals surface area contributed by atoms with E-state index in [1.54, 1.807) is 77.6 Å². The van der Waals surface area contributed by atoms with E-state index in [2.05, 4.69) is 20.7 Å². The molecule has 0 fully saturated rings. The quantitative estimate of drug-likeness (QED) is 0.0534. The van der Waals surface area contributed by atoms with Gasteiger partial charge in [-0.2, -0.15) is 0 Å². The van der Waals surface area contributed by atoms with E-state index in [9.17, 15) is 19.2 Å². The van der Waals surface area contributed by atoms with Crippen molar-refractivity contribution >= 4 is 35.9 Å². The number of carbonyl (C=O) groups is 4. The standard InChI is InChI=1S/C17H25NO5S.C16H22N4O5.CH4/c1-17(2,3)23-16(20)18-14(15(19)21-4)10-12-6-8-13(9-7-12)22-11-24-5;1-16(2,3)25-15(22)19-13(14(21)23-4)9-11-5-7-12(8-6-11)24-10-18-20-17;/h6-9,14H,10-11H2,1-5H3,(H,18,20);5-8,13H,9-10H2,1-4H3,(H,19,22);1H4. The zero-order valence-electron chi connectivity index (χ0n) is 29.4. The summed E-state index contributed by atoms with van der Waals surface area (Å²) in [6.45, 7) is 10.4. The second kappa shape index (κ2) is 22.7. The van der Waals surface area contributed by atoms with Crippen LogP contribution >= 0.6 is 11.8 Å². The van der Waals surface area contributed by atoms with E-state index in [4.69, 9.17) is 34.0 Å². The molecule has 0 aliphatic rings. The summed E-state index contributed by atoms with van der Waals surface area (Å²) in [5.74, 6) is 0.747. The molecule has 0 aliphatic carbocycles. The summed E-state index contributed by atoms with van der Waals surface area (Å²) in [6, 6.07) is 12.5. The molecule has 15 nitrogen and oxygen atoms in total. The van der Waals surface area contributed by atoms with Crippen molar-refractivity contribution in [1.82, 2.24) is 10.6 Å². The summed E-state index contributed by atoms with van der Waals surface area (Å²) in [5.41, 5.74) is 8.54. The van der Waals surface area contributed by atoms with Crippen molar-refractivity contribution in [2.45, 2.75) is 85.1 Å². The fourth-order valence-corrected chi connectivity index (χ4v) is 4.00. The van der Waals surface area contributed by atoms with Gasteiger partial charge in [-0.25, -0.2) is 19.2 Å². The van der Waals surface area contributed by atoms with Crippen molar-refractivity contribution < 1.29 is 47.6 Å². The molecule has 2 aromatic carbocycles. The zero-order chi connectivity index (χ0) is 37.0. The van der Waals surface area contributed by atoms with Gasteiger partial charge >= 0.3 is 24.1 Å². The zero-order valence-corrected chi connectivity index (χ0v) is 30.3. The lowest BCUT2D eigenvalue weighted by atomic mass is 10.1. The van der Waals surface area contributed by atoms with Crippen LogP contribution in [0.15, 0.2) is 53.6 Å². The Morgan fingerprint density at radius 3 is 1.44 bits per heavy atom. The molecule has 2 rings (SSSR count). The first-order valence-electron chi connectivity index (χ1n) is 15.1. The van der Waals surface area contributed by atoms with Gasteiger partial charge in [-0.3, -0.25) is 0 Å². The van der Waals surface area contributed by atoms with E-state index in [1.165, 1.54) is 14.2 Å². The Morgan fingerprint density at radius 2 is 1.12 bits per heavy atom. The third-order valence-electron chi connectivity index (χ3n) is 5.78. The second-order valence-electron chi connectivity index (χ2n) is 12.2. The first-order chi connectivity index (χ1) is 23.0. The summed E-state index contributed by atoms with van der Waals surface area (Å²) >= 11 is 1.58. The number of hydrogen-bond donors (Lipinski definition) is 2. The molecule has 0 heterocycles. The van der Waals surface area contributed by atoms with Gasteiger partial charge in [0.15, 0.2) is 6.73 Å². The van der Waals surface area contributed by atoms with Crippen LogP contribution in [0.1, 0.15) is 60.1 Å². The first kappa shape index (κ1) is 45.2. The van der Waals surface area contributed by atoms with Gasteiger partial charge in [0.25, 0.3) is 0 Å². The van der Waals surface area contributed by atoms with Crippen molar-refractivity contribution in [2.24, 2.45) is 5.11 Å². The number of methoxy groups -OCH3 is 2. The highest BCUT2D eigenvalue weighted by Crippen LogP contribution is 2.17. The number of benzene rings is 2. The van der Waals surface area contributed by atoms with Crippen LogP contribution in [0.4, 0.5) is 9.59 Å². The van der Waals surface area contributed by atoms with Crippen molar-refractivity contribution in [1.29, 1.82) is 0 Å². The van der Waals surface area contributed by atoms with Crippen LogP contribution in [0.5, 0.6) is 11.5 Å². The van der Waals surface area contributed by atoms with Gasteiger partial charge in [0.2, 0.25) is 0 Å². The van der Waals surface area contributed by atoms with Crippen LogP contribution in [-0.4, -0.2) is 80.6 Å². The molecule has 0 bridgehead atoms. The smallest absolute Gasteiger partial charge is 0.408 e. The van der Waals surface area contributed by atoms with Crippen LogP contribution in [0.2, 0.25) is 0 Å². The van der Waals surface area contributed by atoms with Crippen molar-refractivity contribution in [2.75, 3.05) is 33.1 Å². The number of ether oxygens (including phenoxy) is 6. The second-order valence-corrected chi connectivity index (χ2v) is 13.0. The Morgan fingerprint density at radius 1 is 0.740 bits per heavy atom. The Hall–Kier alpha value is -4.82. The number of esters is 2. The fourth-order valence-electron chi connectivity index (χ4n) is 3.74. The van der Waals surface area contributed by atoms with E-state index < -0.39 is 47.4 Å². The Kier molecular flexibility index (Phi) is 20.6. The number of rotatable bonds is 14. The Labute approximate surface area is 298 Å². The third-order valence-corrected chi connectivity index (χ3v) is 6.13. The highest BCUT2D eigenvalue weighted by Gasteiger charge is 2.26. The number of azide groups is 1. The predicted octanol–water partition coefficient (Wildman–Crippen LogP) is 6.57. The number of alkyl carbamates (subject to hydrolysis) is 2. The molecule has 0 saturated heterocycles. The van der Waals surface area contributed by atoms with Gasteiger partial charge in [0, 0.05) is 17.8 Å². The Bertz CT molecular complexity index is 1390. The van der Waals surface area contributed by atoms with Crippen LogP contribution in [0, 0.1) is 0 Å². The normalized spacial score (nSPS) is 11.7. The molecule has 2 amide bonds. The molecule has 278 valence electrons. The maximum absolute atomic E-state index is 11.9. The van der Waals surface area contributed by atoms with Crippen molar-refractivity contribution in [3.63, 3.8) is 0 Å². The summed E-state index contributed by atoms with van der Waals surface area (Å²) in [5, 5.41) is 8.33. The van der Waals surface area contributed by atoms with Gasteiger partial charge in [-0.15, -0.1) is 11.8 Å². The molecule has 2 N–H and O–H groups in total. The largest absolute Gasteiger partial charge is 0.488 e. The number of nitrogens with zero attached hydrogens (tertiary/aromatic N) is 3. The first-order valence-corrected chi connectivity index (χ1v) is 16.5. The van der Waals surface area contributed by atoms with E-state index >= 15 is 0 Å². The van der Waals surface area contributed by atoms with E-state index in [0.29, 0.717) is 18.1 Å². The average molecular weight is 722 g/mol. The number of carbonyl (C=O) groups excluding carboxylic acids is 4. The molecule has 16 heteroatoms. The molecule has 2 atom stereocenters. The molecule has 0 aromatic heterocycles. The molecule has 50 heavy (non-hydrogen) atoms. The summed E-state index contributed by atoms with van der Waals surface area (Å²) < 4.78 is 30.5.